The molecule has 0 bridgehead atoms. The highest BCUT2D eigenvalue weighted by Crippen LogP contribution is 2.42. The third kappa shape index (κ3) is 1.87. The van der Waals surface area contributed by atoms with Crippen molar-refractivity contribution in [3.05, 3.63) is 34.3 Å². The van der Waals surface area contributed by atoms with Crippen molar-refractivity contribution in [2.75, 3.05) is 13.1 Å². The fourth-order valence-electron chi connectivity index (χ4n) is 3.48. The van der Waals surface area contributed by atoms with Crippen molar-refractivity contribution < 1.29 is 5.11 Å². The molecule has 2 unspecified atom stereocenters. The third-order valence-corrected chi connectivity index (χ3v) is 5.02. The van der Waals surface area contributed by atoms with E-state index in [9.17, 15) is 5.11 Å². The predicted molar refractivity (Wildman–Crippen MR) is 73.9 cm³/mol. The van der Waals surface area contributed by atoms with Gasteiger partial charge >= 0.3 is 0 Å². The van der Waals surface area contributed by atoms with Gasteiger partial charge in [0.2, 0.25) is 0 Å². The van der Waals surface area contributed by atoms with E-state index in [4.69, 9.17) is 11.6 Å². The van der Waals surface area contributed by atoms with Crippen LogP contribution in [-0.2, 0) is 5.60 Å². The molecule has 3 rings (SSSR count). The molecular weight excluding hydrogens is 246 g/mol. The second-order valence-corrected chi connectivity index (χ2v) is 6.09. The predicted octanol–water partition coefficient (Wildman–Crippen LogP) is 3.09. The number of benzene rings is 1. The monoisotopic (exact) mass is 265 g/mol. The van der Waals surface area contributed by atoms with Gasteiger partial charge < -0.3 is 5.11 Å². The highest BCUT2D eigenvalue weighted by molar-refractivity contribution is 6.31. The van der Waals surface area contributed by atoms with Crippen molar-refractivity contribution in [1.82, 2.24) is 4.90 Å². The van der Waals surface area contributed by atoms with Crippen LogP contribution in [0.1, 0.15) is 36.8 Å². The summed E-state index contributed by atoms with van der Waals surface area (Å²) < 4.78 is 0. The fourth-order valence-corrected chi connectivity index (χ4v) is 3.66. The van der Waals surface area contributed by atoms with Crippen molar-refractivity contribution in [3.8, 4) is 0 Å². The number of hydrogen-bond donors (Lipinski definition) is 1. The van der Waals surface area contributed by atoms with Crippen LogP contribution < -0.4 is 0 Å². The van der Waals surface area contributed by atoms with Crippen LogP contribution in [0.4, 0.5) is 0 Å². The number of halogens is 1. The summed E-state index contributed by atoms with van der Waals surface area (Å²) in [6.45, 7) is 4.14. The standard InChI is InChI=1S/C15H20ClNO/c1-11-5-6-12(10-13(11)16)15(18)7-9-17-8-3-2-4-14(15)17/h5-6,10,14,18H,2-4,7-9H2,1H3. The van der Waals surface area contributed by atoms with E-state index < -0.39 is 5.60 Å². The van der Waals surface area contributed by atoms with E-state index >= 15 is 0 Å². The minimum atomic E-state index is -0.697. The van der Waals surface area contributed by atoms with Crippen molar-refractivity contribution >= 4 is 11.6 Å². The molecule has 2 aliphatic rings. The lowest BCUT2D eigenvalue weighted by molar-refractivity contribution is -0.0138. The maximum atomic E-state index is 11.1. The van der Waals surface area contributed by atoms with Gasteiger partial charge in [0.1, 0.15) is 5.60 Å². The van der Waals surface area contributed by atoms with Crippen molar-refractivity contribution in [3.63, 3.8) is 0 Å². The number of nitrogens with zero attached hydrogens (tertiary/aromatic N) is 1. The molecular formula is C15H20ClNO. The zero-order valence-corrected chi connectivity index (χ0v) is 11.6. The summed E-state index contributed by atoms with van der Waals surface area (Å²) in [5.41, 5.74) is 1.37. The van der Waals surface area contributed by atoms with Crippen LogP contribution in [0, 0.1) is 6.92 Å². The average Bonchev–Trinajstić information content (AvgIpc) is 2.73. The molecule has 0 saturated carbocycles. The maximum Gasteiger partial charge on any atom is 0.106 e. The number of aryl methyl sites for hydroxylation is 1. The second kappa shape index (κ2) is 4.52. The van der Waals surface area contributed by atoms with Gasteiger partial charge in [-0.05, 0) is 49.9 Å². The number of aliphatic hydroxyl groups is 1. The molecule has 0 spiro atoms. The van der Waals surface area contributed by atoms with E-state index in [0.29, 0.717) is 0 Å². The van der Waals surface area contributed by atoms with E-state index in [0.717, 1.165) is 42.1 Å². The summed E-state index contributed by atoms with van der Waals surface area (Å²) in [6, 6.07) is 6.29. The minimum Gasteiger partial charge on any atom is -0.383 e. The fraction of sp³-hybridized carbons (Fsp3) is 0.600. The Kier molecular flexibility index (Phi) is 3.13. The van der Waals surface area contributed by atoms with Crippen LogP contribution in [0.5, 0.6) is 0 Å². The molecule has 2 aliphatic heterocycles. The first-order valence-electron chi connectivity index (χ1n) is 6.84. The molecule has 0 radical (unpaired) electrons. The largest absolute Gasteiger partial charge is 0.383 e. The molecule has 18 heavy (non-hydrogen) atoms. The van der Waals surface area contributed by atoms with Crippen molar-refractivity contribution in [2.45, 2.75) is 44.2 Å². The lowest BCUT2D eigenvalue weighted by Crippen LogP contribution is -2.45. The van der Waals surface area contributed by atoms with Gasteiger partial charge in [0.05, 0.1) is 0 Å². The number of fused-ring (bicyclic) bond motifs is 1. The Bertz CT molecular complexity index is 462. The zero-order valence-electron chi connectivity index (χ0n) is 10.8. The summed E-state index contributed by atoms with van der Waals surface area (Å²) in [4.78, 5) is 2.44. The average molecular weight is 266 g/mol. The topological polar surface area (TPSA) is 23.5 Å². The van der Waals surface area contributed by atoms with E-state index in [1.807, 2.05) is 25.1 Å². The van der Waals surface area contributed by atoms with Gasteiger partial charge in [0, 0.05) is 17.6 Å². The third-order valence-electron chi connectivity index (χ3n) is 4.62. The van der Waals surface area contributed by atoms with Gasteiger partial charge in [-0.2, -0.15) is 0 Å². The Morgan fingerprint density at radius 1 is 1.33 bits per heavy atom. The van der Waals surface area contributed by atoms with Crippen LogP contribution in [0.2, 0.25) is 5.02 Å². The first kappa shape index (κ1) is 12.5. The van der Waals surface area contributed by atoms with Gasteiger partial charge in [0.25, 0.3) is 0 Å². The van der Waals surface area contributed by atoms with Crippen molar-refractivity contribution in [1.29, 1.82) is 0 Å². The van der Waals surface area contributed by atoms with Gasteiger partial charge in [-0.15, -0.1) is 0 Å². The Morgan fingerprint density at radius 3 is 2.94 bits per heavy atom. The molecule has 2 saturated heterocycles. The molecule has 98 valence electrons. The molecule has 2 atom stereocenters. The van der Waals surface area contributed by atoms with Crippen LogP contribution in [0.25, 0.3) is 0 Å². The lowest BCUT2D eigenvalue weighted by Gasteiger charge is -2.37. The minimum absolute atomic E-state index is 0.282. The smallest absolute Gasteiger partial charge is 0.106 e. The summed E-state index contributed by atoms with van der Waals surface area (Å²) in [6.07, 6.45) is 4.42. The lowest BCUT2D eigenvalue weighted by atomic mass is 9.82. The van der Waals surface area contributed by atoms with Crippen LogP contribution in [-0.4, -0.2) is 29.1 Å². The van der Waals surface area contributed by atoms with Crippen LogP contribution in [0.3, 0.4) is 0 Å². The van der Waals surface area contributed by atoms with Crippen LogP contribution >= 0.6 is 11.6 Å². The molecule has 1 aromatic carbocycles. The van der Waals surface area contributed by atoms with E-state index in [-0.39, 0.29) is 6.04 Å². The highest BCUT2D eigenvalue weighted by Gasteiger charge is 2.47. The summed E-state index contributed by atoms with van der Waals surface area (Å²) >= 11 is 6.20. The first-order chi connectivity index (χ1) is 8.61. The number of hydrogen-bond acceptors (Lipinski definition) is 2. The Morgan fingerprint density at radius 2 is 2.17 bits per heavy atom. The van der Waals surface area contributed by atoms with E-state index in [1.54, 1.807) is 0 Å². The Hall–Kier alpha value is -0.570. The molecule has 2 nitrogen and oxygen atoms in total. The molecule has 1 N–H and O–H groups in total. The van der Waals surface area contributed by atoms with Gasteiger partial charge in [-0.25, -0.2) is 0 Å². The van der Waals surface area contributed by atoms with E-state index in [2.05, 4.69) is 4.90 Å². The molecule has 2 heterocycles. The SMILES string of the molecule is Cc1ccc(C2(O)CCN3CCCCC32)cc1Cl. The van der Waals surface area contributed by atoms with Crippen molar-refractivity contribution in [2.24, 2.45) is 0 Å². The first-order valence-corrected chi connectivity index (χ1v) is 7.22. The van der Waals surface area contributed by atoms with Crippen LogP contribution in [0.15, 0.2) is 18.2 Å². The molecule has 3 heteroatoms. The maximum absolute atomic E-state index is 11.1. The molecule has 1 aromatic rings. The summed E-state index contributed by atoms with van der Waals surface area (Å²) in [5, 5.41) is 11.8. The molecule has 0 aromatic heterocycles. The Balaban J connectivity index is 1.96. The van der Waals surface area contributed by atoms with Gasteiger partial charge in [0.15, 0.2) is 0 Å². The van der Waals surface area contributed by atoms with E-state index in [1.165, 1.54) is 12.8 Å². The number of rotatable bonds is 1. The molecule has 2 fully saturated rings. The number of piperidine rings is 1. The highest BCUT2D eigenvalue weighted by atomic mass is 35.5. The van der Waals surface area contributed by atoms with Gasteiger partial charge in [-0.1, -0.05) is 30.2 Å². The molecule has 0 aliphatic carbocycles. The Labute approximate surface area is 114 Å². The summed E-state index contributed by atoms with van der Waals surface area (Å²) in [5.74, 6) is 0. The zero-order chi connectivity index (χ0) is 12.8. The molecule has 0 amide bonds. The second-order valence-electron chi connectivity index (χ2n) is 5.69. The summed E-state index contributed by atoms with van der Waals surface area (Å²) in [7, 11) is 0. The van der Waals surface area contributed by atoms with Gasteiger partial charge in [-0.3, -0.25) is 4.90 Å². The quantitative estimate of drug-likeness (QED) is 0.844. The normalized spacial score (nSPS) is 32.5.